The number of likely N-dealkylation sites (tertiary alicyclic amines) is 1. The van der Waals surface area contributed by atoms with E-state index in [1.54, 1.807) is 0 Å². The quantitative estimate of drug-likeness (QED) is 0.781. The lowest BCUT2D eigenvalue weighted by molar-refractivity contribution is -0.137. The number of piperidine rings is 1. The van der Waals surface area contributed by atoms with Gasteiger partial charge in [-0.25, -0.2) is 4.79 Å². The van der Waals surface area contributed by atoms with Crippen LogP contribution in [0.2, 0.25) is 0 Å². The van der Waals surface area contributed by atoms with Crippen LogP contribution in [0.4, 0.5) is 4.79 Å². The molecule has 0 radical (unpaired) electrons. The predicted molar refractivity (Wildman–Crippen MR) is 82.3 cm³/mol. The highest BCUT2D eigenvalue weighted by Gasteiger charge is 2.25. The standard InChI is InChI=1S/C15H29N3O3/c1-15(2,17(3)4)11-16-14(21)18-9-7-12(8-10-18)5-6-13(19)20/h12H,5-11H2,1-4H3,(H,16,21)(H,19,20). The maximum absolute atomic E-state index is 12.1. The maximum Gasteiger partial charge on any atom is 0.317 e. The second kappa shape index (κ2) is 7.64. The van der Waals surface area contributed by atoms with Crippen molar-refractivity contribution in [2.75, 3.05) is 33.7 Å². The second-order valence-corrected chi connectivity index (χ2v) is 6.73. The number of amides is 2. The number of carbonyl (C=O) groups is 2. The molecule has 1 fully saturated rings. The zero-order valence-electron chi connectivity index (χ0n) is 13.7. The molecule has 0 spiro atoms. The Bertz CT molecular complexity index is 361. The molecule has 1 rings (SSSR count). The van der Waals surface area contributed by atoms with Crippen molar-refractivity contribution in [3.05, 3.63) is 0 Å². The molecule has 21 heavy (non-hydrogen) atoms. The van der Waals surface area contributed by atoms with Crippen LogP contribution in [-0.4, -0.2) is 66.2 Å². The number of carbonyl (C=O) groups excluding carboxylic acids is 1. The van der Waals surface area contributed by atoms with Gasteiger partial charge in [0.15, 0.2) is 0 Å². The zero-order chi connectivity index (χ0) is 16.0. The first-order valence-electron chi connectivity index (χ1n) is 7.64. The van der Waals surface area contributed by atoms with E-state index < -0.39 is 5.97 Å². The number of nitrogens with zero attached hydrogens (tertiary/aromatic N) is 2. The van der Waals surface area contributed by atoms with E-state index in [9.17, 15) is 9.59 Å². The van der Waals surface area contributed by atoms with Crippen LogP contribution in [0.5, 0.6) is 0 Å². The van der Waals surface area contributed by atoms with Crippen LogP contribution < -0.4 is 5.32 Å². The van der Waals surface area contributed by atoms with E-state index in [1.807, 2.05) is 19.0 Å². The first-order chi connectivity index (χ1) is 9.72. The molecule has 0 aromatic rings. The van der Waals surface area contributed by atoms with Gasteiger partial charge in [-0.05, 0) is 53.1 Å². The number of rotatable bonds is 6. The molecule has 0 saturated carbocycles. The van der Waals surface area contributed by atoms with Crippen molar-refractivity contribution in [1.82, 2.24) is 15.1 Å². The Kier molecular flexibility index (Phi) is 6.45. The summed E-state index contributed by atoms with van der Waals surface area (Å²) in [6.45, 7) is 6.23. The minimum absolute atomic E-state index is 0.0124. The summed E-state index contributed by atoms with van der Waals surface area (Å²) in [7, 11) is 4.00. The van der Waals surface area contributed by atoms with Crippen molar-refractivity contribution < 1.29 is 14.7 Å². The molecule has 1 aliphatic rings. The smallest absolute Gasteiger partial charge is 0.317 e. The van der Waals surface area contributed by atoms with Crippen molar-refractivity contribution in [2.24, 2.45) is 5.92 Å². The first-order valence-corrected chi connectivity index (χ1v) is 7.64. The lowest BCUT2D eigenvalue weighted by Gasteiger charge is -2.35. The molecule has 2 amide bonds. The van der Waals surface area contributed by atoms with Crippen molar-refractivity contribution in [3.8, 4) is 0 Å². The summed E-state index contributed by atoms with van der Waals surface area (Å²) in [4.78, 5) is 26.6. The van der Waals surface area contributed by atoms with Crippen molar-refractivity contribution in [2.45, 2.75) is 45.1 Å². The van der Waals surface area contributed by atoms with Crippen molar-refractivity contribution in [3.63, 3.8) is 0 Å². The Hall–Kier alpha value is -1.30. The summed E-state index contributed by atoms with van der Waals surface area (Å²) >= 11 is 0. The number of carboxylic acid groups (broad SMARTS) is 1. The normalized spacial score (nSPS) is 17.1. The topological polar surface area (TPSA) is 72.9 Å². The summed E-state index contributed by atoms with van der Waals surface area (Å²) in [5.74, 6) is -0.301. The number of hydrogen-bond donors (Lipinski definition) is 2. The fourth-order valence-corrected chi connectivity index (χ4v) is 2.31. The van der Waals surface area contributed by atoms with E-state index in [0.717, 1.165) is 32.4 Å². The molecule has 1 aliphatic heterocycles. The summed E-state index contributed by atoms with van der Waals surface area (Å²) in [5.41, 5.74) is -0.0739. The number of aliphatic carboxylic acids is 1. The third-order valence-electron chi connectivity index (χ3n) is 4.55. The SMILES string of the molecule is CN(C)C(C)(C)CNC(=O)N1CCC(CCC(=O)O)CC1. The third-order valence-corrected chi connectivity index (χ3v) is 4.55. The molecule has 2 N–H and O–H groups in total. The highest BCUT2D eigenvalue weighted by molar-refractivity contribution is 5.74. The lowest BCUT2D eigenvalue weighted by atomic mass is 9.92. The Balaban J connectivity index is 2.30. The molecule has 6 heteroatoms. The van der Waals surface area contributed by atoms with Gasteiger partial charge in [0.25, 0.3) is 0 Å². The van der Waals surface area contributed by atoms with Gasteiger partial charge < -0.3 is 20.2 Å². The van der Waals surface area contributed by atoms with Crippen molar-refractivity contribution >= 4 is 12.0 Å². The molecule has 0 aliphatic carbocycles. The van der Waals surface area contributed by atoms with E-state index >= 15 is 0 Å². The molecule has 0 unspecified atom stereocenters. The Morgan fingerprint density at radius 2 is 1.86 bits per heavy atom. The highest BCUT2D eigenvalue weighted by Crippen LogP contribution is 2.22. The van der Waals surface area contributed by atoms with Gasteiger partial charge in [-0.15, -0.1) is 0 Å². The Morgan fingerprint density at radius 1 is 1.29 bits per heavy atom. The molecule has 1 saturated heterocycles. The van der Waals surface area contributed by atoms with E-state index in [-0.39, 0.29) is 18.0 Å². The summed E-state index contributed by atoms with van der Waals surface area (Å²) in [6, 6.07) is -0.0124. The fraction of sp³-hybridized carbons (Fsp3) is 0.867. The Labute approximate surface area is 127 Å². The first kappa shape index (κ1) is 17.8. The van der Waals surface area contributed by atoms with Crippen LogP contribution in [0.25, 0.3) is 0 Å². The van der Waals surface area contributed by atoms with Gasteiger partial charge in [-0.3, -0.25) is 4.79 Å². The molecule has 0 atom stereocenters. The lowest BCUT2D eigenvalue weighted by Crippen LogP contribution is -2.52. The van der Waals surface area contributed by atoms with Crippen molar-refractivity contribution in [1.29, 1.82) is 0 Å². The van der Waals surface area contributed by atoms with E-state index in [0.29, 0.717) is 12.5 Å². The molecule has 1 heterocycles. The van der Waals surface area contributed by atoms with Gasteiger partial charge in [0.1, 0.15) is 0 Å². The maximum atomic E-state index is 12.1. The van der Waals surface area contributed by atoms with Gasteiger partial charge in [-0.1, -0.05) is 0 Å². The van der Waals surface area contributed by atoms with Gasteiger partial charge in [0.05, 0.1) is 0 Å². The van der Waals surface area contributed by atoms with Crippen LogP contribution >= 0.6 is 0 Å². The Morgan fingerprint density at radius 3 is 2.33 bits per heavy atom. The third kappa shape index (κ3) is 5.91. The predicted octanol–water partition coefficient (Wildman–Crippen LogP) is 1.61. The summed E-state index contributed by atoms with van der Waals surface area (Å²) in [6.07, 6.45) is 2.75. The van der Waals surface area contributed by atoms with Crippen LogP contribution in [0, 0.1) is 5.92 Å². The van der Waals surface area contributed by atoms with E-state index in [4.69, 9.17) is 5.11 Å². The number of hydrogen-bond acceptors (Lipinski definition) is 3. The van der Waals surface area contributed by atoms with Crippen LogP contribution in [0.3, 0.4) is 0 Å². The monoisotopic (exact) mass is 299 g/mol. The van der Waals surface area contributed by atoms with Gasteiger partial charge in [0, 0.05) is 31.6 Å². The van der Waals surface area contributed by atoms with E-state index in [2.05, 4.69) is 24.1 Å². The minimum Gasteiger partial charge on any atom is -0.481 e. The molecule has 122 valence electrons. The van der Waals surface area contributed by atoms with E-state index in [1.165, 1.54) is 0 Å². The van der Waals surface area contributed by atoms with Crippen LogP contribution in [-0.2, 0) is 4.79 Å². The highest BCUT2D eigenvalue weighted by atomic mass is 16.4. The number of nitrogens with one attached hydrogen (secondary N) is 1. The van der Waals surface area contributed by atoms with Crippen LogP contribution in [0.1, 0.15) is 39.5 Å². The number of urea groups is 1. The molecule has 0 aromatic heterocycles. The minimum atomic E-state index is -0.735. The summed E-state index contributed by atoms with van der Waals surface area (Å²) in [5, 5.41) is 11.7. The van der Waals surface area contributed by atoms with Gasteiger partial charge in [0.2, 0.25) is 0 Å². The van der Waals surface area contributed by atoms with Gasteiger partial charge in [-0.2, -0.15) is 0 Å². The second-order valence-electron chi connectivity index (χ2n) is 6.73. The van der Waals surface area contributed by atoms with Crippen LogP contribution in [0.15, 0.2) is 0 Å². The number of carboxylic acids is 1. The fourth-order valence-electron chi connectivity index (χ4n) is 2.31. The molecular weight excluding hydrogens is 270 g/mol. The molecule has 0 aromatic carbocycles. The van der Waals surface area contributed by atoms with Gasteiger partial charge >= 0.3 is 12.0 Å². The number of likely N-dealkylation sites (N-methyl/N-ethyl adjacent to an activating group) is 1. The average Bonchev–Trinajstić information content (AvgIpc) is 2.43. The molecule has 0 bridgehead atoms. The largest absolute Gasteiger partial charge is 0.481 e. The molecule has 6 nitrogen and oxygen atoms in total. The summed E-state index contributed by atoms with van der Waals surface area (Å²) < 4.78 is 0. The average molecular weight is 299 g/mol. The molecular formula is C15H29N3O3. The zero-order valence-corrected chi connectivity index (χ0v) is 13.7.